The molecule has 0 fully saturated rings. The molecule has 0 bridgehead atoms. The molecule has 15 heavy (non-hydrogen) atoms. The van der Waals surface area contributed by atoms with Crippen LogP contribution >= 0.6 is 0 Å². The Hall–Kier alpha value is -2.51. The van der Waals surface area contributed by atoms with E-state index in [1.165, 1.54) is 6.07 Å². The molecule has 1 aromatic rings. The number of aromatic hydroxyl groups is 1. The van der Waals surface area contributed by atoms with Gasteiger partial charge in [0.05, 0.1) is 5.69 Å². The maximum Gasteiger partial charge on any atom is 0.291 e. The first-order valence-electron chi connectivity index (χ1n) is 3.65. The Balaban J connectivity index is 0.000000423. The van der Waals surface area contributed by atoms with Crippen LogP contribution in [-0.4, -0.2) is 21.4 Å². The number of nitrogens with one attached hydrogen (secondary N) is 2. The molecule has 8 nitrogen and oxygen atoms in total. The zero-order valence-electron chi connectivity index (χ0n) is 7.54. The normalized spacial score (nSPS) is 8.27. The average Bonchev–Trinajstić information content (AvgIpc) is 2.07. The summed E-state index contributed by atoms with van der Waals surface area (Å²) in [5.74, 6) is -0.103. The van der Waals surface area contributed by atoms with Crippen molar-refractivity contribution in [1.29, 1.82) is 5.41 Å². The number of hydrogen-bond acceptors (Lipinski definition) is 4. The summed E-state index contributed by atoms with van der Waals surface area (Å²) in [6.45, 7) is 0. The third-order valence-corrected chi connectivity index (χ3v) is 1.17. The molecule has 0 saturated heterocycles. The second kappa shape index (κ2) is 6.02. The summed E-state index contributed by atoms with van der Waals surface area (Å²) in [7, 11) is 0. The number of nitrogens with two attached hydrogens (primary N) is 1. The van der Waals surface area contributed by atoms with E-state index in [0.29, 0.717) is 5.69 Å². The predicted octanol–water partition coefficient (Wildman–Crippen LogP) is 0.350. The molecule has 0 radical (unpaired) electrons. The van der Waals surface area contributed by atoms with E-state index in [2.05, 4.69) is 5.32 Å². The molecule has 0 spiro atoms. The smallest absolute Gasteiger partial charge is 0.291 e. The van der Waals surface area contributed by atoms with Gasteiger partial charge >= 0.3 is 0 Å². The molecule has 0 aromatic heterocycles. The molecule has 0 amide bonds. The van der Waals surface area contributed by atoms with Crippen LogP contribution in [0.5, 0.6) is 5.75 Å². The molecule has 0 aliphatic rings. The molecule has 1 aromatic carbocycles. The van der Waals surface area contributed by atoms with Gasteiger partial charge in [-0.25, -0.2) is 0 Å². The van der Waals surface area contributed by atoms with Crippen molar-refractivity contribution in [2.75, 3.05) is 5.32 Å². The highest BCUT2D eigenvalue weighted by Gasteiger charge is 1.97. The minimum atomic E-state index is -1.50. The Morgan fingerprint density at radius 1 is 1.53 bits per heavy atom. The van der Waals surface area contributed by atoms with E-state index >= 15 is 0 Å². The highest BCUT2D eigenvalue weighted by atomic mass is 16.9. The molecular formula is C7H10N4O4. The molecule has 6 N–H and O–H groups in total. The Kier molecular flexibility index (Phi) is 5.01. The molecule has 0 aliphatic heterocycles. The summed E-state index contributed by atoms with van der Waals surface area (Å²) in [5.41, 5.74) is 5.50. The molecule has 0 aliphatic carbocycles. The van der Waals surface area contributed by atoms with Gasteiger partial charge in [-0.05, 0) is 12.1 Å². The van der Waals surface area contributed by atoms with Crippen LogP contribution in [0.1, 0.15) is 0 Å². The Morgan fingerprint density at radius 2 is 2.00 bits per heavy atom. The topological polar surface area (TPSA) is 146 Å². The fourth-order valence-electron chi connectivity index (χ4n) is 0.724. The number of para-hydroxylation sites is 2. The van der Waals surface area contributed by atoms with E-state index in [4.69, 9.17) is 31.6 Å². The van der Waals surface area contributed by atoms with Crippen molar-refractivity contribution in [3.63, 3.8) is 0 Å². The van der Waals surface area contributed by atoms with Gasteiger partial charge in [-0.15, -0.1) is 10.1 Å². The van der Waals surface area contributed by atoms with E-state index in [9.17, 15) is 0 Å². The summed E-state index contributed by atoms with van der Waals surface area (Å²) in [4.78, 5) is 8.36. The second-order valence-corrected chi connectivity index (χ2v) is 2.29. The van der Waals surface area contributed by atoms with Crippen molar-refractivity contribution < 1.29 is 15.4 Å². The minimum Gasteiger partial charge on any atom is -0.506 e. The van der Waals surface area contributed by atoms with Crippen molar-refractivity contribution >= 4 is 11.6 Å². The Bertz CT molecular complexity index is 351. The molecule has 0 saturated carbocycles. The van der Waals surface area contributed by atoms with Gasteiger partial charge in [-0.1, -0.05) is 12.1 Å². The van der Waals surface area contributed by atoms with Crippen molar-refractivity contribution in [3.05, 3.63) is 34.4 Å². The maximum atomic E-state index is 9.14. The van der Waals surface area contributed by atoms with Crippen LogP contribution in [0.4, 0.5) is 5.69 Å². The highest BCUT2D eigenvalue weighted by Crippen LogP contribution is 2.20. The van der Waals surface area contributed by atoms with Gasteiger partial charge in [0.1, 0.15) is 5.75 Å². The molecule has 82 valence electrons. The van der Waals surface area contributed by atoms with Crippen LogP contribution < -0.4 is 11.1 Å². The van der Waals surface area contributed by atoms with E-state index in [-0.39, 0.29) is 11.7 Å². The summed E-state index contributed by atoms with van der Waals surface area (Å²) < 4.78 is 0. The van der Waals surface area contributed by atoms with Gasteiger partial charge in [-0.3, -0.25) is 5.41 Å². The van der Waals surface area contributed by atoms with Gasteiger partial charge in [-0.2, -0.15) is 0 Å². The zero-order chi connectivity index (χ0) is 11.8. The molecule has 0 atom stereocenters. The number of rotatable bonds is 1. The zero-order valence-corrected chi connectivity index (χ0v) is 7.54. The molecule has 0 unspecified atom stereocenters. The first-order valence-corrected chi connectivity index (χ1v) is 3.65. The lowest BCUT2D eigenvalue weighted by Gasteiger charge is -2.04. The molecule has 1 rings (SSSR count). The van der Waals surface area contributed by atoms with Crippen molar-refractivity contribution in [2.24, 2.45) is 5.73 Å². The summed E-state index contributed by atoms with van der Waals surface area (Å²) in [5, 5.41) is 32.2. The standard InChI is InChI=1S/C7H9N3O.HNO3/c8-7(9)10-5-3-1-2-4-6(5)11;2-1(3)4/h1-4,11H,(H4,8,9,10);(H,2,3,4). The van der Waals surface area contributed by atoms with E-state index in [1.807, 2.05) is 0 Å². The number of benzene rings is 1. The Morgan fingerprint density at radius 3 is 2.40 bits per heavy atom. The third kappa shape index (κ3) is 6.63. The predicted molar refractivity (Wildman–Crippen MR) is 52.4 cm³/mol. The van der Waals surface area contributed by atoms with Gasteiger partial charge in [0.25, 0.3) is 5.09 Å². The van der Waals surface area contributed by atoms with Gasteiger partial charge in [0, 0.05) is 0 Å². The van der Waals surface area contributed by atoms with Crippen LogP contribution in [0.2, 0.25) is 0 Å². The Labute approximate surface area is 84.6 Å². The number of phenols is 1. The van der Waals surface area contributed by atoms with Crippen molar-refractivity contribution in [2.45, 2.75) is 0 Å². The maximum absolute atomic E-state index is 9.14. The van der Waals surface area contributed by atoms with E-state index in [1.54, 1.807) is 18.2 Å². The quantitative estimate of drug-likeness (QED) is 0.150. The highest BCUT2D eigenvalue weighted by molar-refractivity contribution is 5.91. The lowest BCUT2D eigenvalue weighted by atomic mass is 10.3. The average molecular weight is 214 g/mol. The minimum absolute atomic E-state index is 0.0858. The SMILES string of the molecule is N=C(N)Nc1ccccc1O.O=[N+]([O-])O. The fraction of sp³-hybridized carbons (Fsp3) is 0. The molecule has 0 heterocycles. The lowest BCUT2D eigenvalue weighted by Crippen LogP contribution is -2.20. The first-order chi connectivity index (χ1) is 6.93. The van der Waals surface area contributed by atoms with Gasteiger partial charge in [0.15, 0.2) is 5.96 Å². The lowest BCUT2D eigenvalue weighted by molar-refractivity contribution is -0.742. The third-order valence-electron chi connectivity index (χ3n) is 1.17. The molecular weight excluding hydrogens is 204 g/mol. The van der Waals surface area contributed by atoms with Crippen LogP contribution in [-0.2, 0) is 0 Å². The number of guanidine groups is 1. The first kappa shape index (κ1) is 12.5. The van der Waals surface area contributed by atoms with E-state index in [0.717, 1.165) is 0 Å². The number of phenolic OH excluding ortho intramolecular Hbond substituents is 1. The van der Waals surface area contributed by atoms with Crippen LogP contribution in [0, 0.1) is 15.5 Å². The number of hydrogen-bond donors (Lipinski definition) is 5. The van der Waals surface area contributed by atoms with Crippen molar-refractivity contribution in [1.82, 2.24) is 0 Å². The monoisotopic (exact) mass is 214 g/mol. The van der Waals surface area contributed by atoms with Crippen LogP contribution in [0.25, 0.3) is 0 Å². The number of nitrogens with zero attached hydrogens (tertiary/aromatic N) is 1. The van der Waals surface area contributed by atoms with Crippen LogP contribution in [0.15, 0.2) is 24.3 Å². The van der Waals surface area contributed by atoms with Gasteiger partial charge < -0.3 is 21.4 Å². The largest absolute Gasteiger partial charge is 0.506 e. The van der Waals surface area contributed by atoms with Gasteiger partial charge in [0.2, 0.25) is 0 Å². The number of anilines is 1. The summed E-state index contributed by atoms with van der Waals surface area (Å²) >= 11 is 0. The summed E-state index contributed by atoms with van der Waals surface area (Å²) in [6, 6.07) is 6.59. The summed E-state index contributed by atoms with van der Waals surface area (Å²) in [6.07, 6.45) is 0. The van der Waals surface area contributed by atoms with Crippen molar-refractivity contribution in [3.8, 4) is 5.75 Å². The van der Waals surface area contributed by atoms with Crippen LogP contribution in [0.3, 0.4) is 0 Å². The van der Waals surface area contributed by atoms with E-state index < -0.39 is 5.09 Å². The second-order valence-electron chi connectivity index (χ2n) is 2.29. The molecule has 8 heteroatoms. The fourth-order valence-corrected chi connectivity index (χ4v) is 0.724.